The molecule has 1 fully saturated rings. The lowest BCUT2D eigenvalue weighted by atomic mass is 10.1. The Bertz CT molecular complexity index is 458. The fourth-order valence-electron chi connectivity index (χ4n) is 1.79. The molecule has 0 aliphatic heterocycles. The van der Waals surface area contributed by atoms with Gasteiger partial charge in [-0.25, -0.2) is 13.6 Å². The zero-order chi connectivity index (χ0) is 12.6. The number of carbonyl (C=O) groups is 1. The Morgan fingerprint density at radius 3 is 2.59 bits per heavy atom. The summed E-state index contributed by atoms with van der Waals surface area (Å²) in [6.45, 7) is 1.90. The van der Waals surface area contributed by atoms with E-state index in [1.165, 1.54) is 6.07 Å². The molecule has 0 spiro atoms. The van der Waals surface area contributed by atoms with E-state index in [1.54, 1.807) is 0 Å². The number of nitrogens with one attached hydrogen (secondary N) is 1. The number of aromatic carboxylic acids is 1. The molecule has 17 heavy (non-hydrogen) atoms. The largest absolute Gasteiger partial charge is 0.478 e. The number of carboxylic acids is 1. The summed E-state index contributed by atoms with van der Waals surface area (Å²) < 4.78 is 27.0. The van der Waals surface area contributed by atoms with Crippen molar-refractivity contribution in [2.24, 2.45) is 5.92 Å². The van der Waals surface area contributed by atoms with Gasteiger partial charge in [0.1, 0.15) is 0 Å². The van der Waals surface area contributed by atoms with Crippen LogP contribution in [0.1, 0.15) is 30.1 Å². The minimum atomic E-state index is -1.47. The van der Waals surface area contributed by atoms with Gasteiger partial charge in [-0.15, -0.1) is 0 Å². The van der Waals surface area contributed by atoms with Gasteiger partial charge in [-0.05, 0) is 37.8 Å². The summed E-state index contributed by atoms with van der Waals surface area (Å²) in [5.41, 5.74) is -0.626. The van der Waals surface area contributed by atoms with Gasteiger partial charge in [0.15, 0.2) is 11.6 Å². The standard InChI is InChI=1S/C12H13F2NO2/c1-6(7-2-3-7)15-9-5-4-8(12(16)17)10(13)11(9)14/h4-7,15H,2-3H2,1H3,(H,16,17). The molecule has 1 aliphatic rings. The summed E-state index contributed by atoms with van der Waals surface area (Å²) in [5, 5.41) is 11.5. The summed E-state index contributed by atoms with van der Waals surface area (Å²) in [6, 6.07) is 2.41. The van der Waals surface area contributed by atoms with Crippen LogP contribution in [0, 0.1) is 17.6 Å². The lowest BCUT2D eigenvalue weighted by Gasteiger charge is -2.15. The second-order valence-corrected chi connectivity index (χ2v) is 4.36. The first-order valence-electron chi connectivity index (χ1n) is 5.48. The highest BCUT2D eigenvalue weighted by Gasteiger charge is 2.29. The molecule has 1 saturated carbocycles. The summed E-state index contributed by atoms with van der Waals surface area (Å²) in [7, 11) is 0. The number of hydrogen-bond acceptors (Lipinski definition) is 2. The lowest BCUT2D eigenvalue weighted by Crippen LogP contribution is -2.19. The van der Waals surface area contributed by atoms with Crippen molar-refractivity contribution in [3.05, 3.63) is 29.3 Å². The highest BCUT2D eigenvalue weighted by molar-refractivity contribution is 5.88. The van der Waals surface area contributed by atoms with Crippen LogP contribution in [-0.2, 0) is 0 Å². The van der Waals surface area contributed by atoms with Gasteiger partial charge in [-0.1, -0.05) is 0 Å². The molecule has 1 aliphatic carbocycles. The number of carboxylic acid groups (broad SMARTS) is 1. The van der Waals surface area contributed by atoms with Gasteiger partial charge in [0, 0.05) is 6.04 Å². The van der Waals surface area contributed by atoms with E-state index in [0.29, 0.717) is 5.92 Å². The lowest BCUT2D eigenvalue weighted by molar-refractivity contribution is 0.0690. The number of anilines is 1. The molecule has 92 valence electrons. The highest BCUT2D eigenvalue weighted by Crippen LogP contribution is 2.34. The molecular weight excluding hydrogens is 228 g/mol. The molecule has 0 bridgehead atoms. The first-order chi connectivity index (χ1) is 8.00. The molecule has 1 aromatic carbocycles. The van der Waals surface area contributed by atoms with Gasteiger partial charge >= 0.3 is 5.97 Å². The fraction of sp³-hybridized carbons (Fsp3) is 0.417. The van der Waals surface area contributed by atoms with Crippen LogP contribution < -0.4 is 5.32 Å². The van der Waals surface area contributed by atoms with Crippen molar-refractivity contribution in [1.82, 2.24) is 0 Å². The monoisotopic (exact) mass is 241 g/mol. The molecule has 2 N–H and O–H groups in total. The van der Waals surface area contributed by atoms with E-state index in [2.05, 4.69) is 5.32 Å². The third-order valence-electron chi connectivity index (χ3n) is 3.03. The average molecular weight is 241 g/mol. The molecule has 0 aromatic heterocycles. The van der Waals surface area contributed by atoms with Crippen molar-refractivity contribution in [3.8, 4) is 0 Å². The molecule has 3 nitrogen and oxygen atoms in total. The zero-order valence-electron chi connectivity index (χ0n) is 9.34. The van der Waals surface area contributed by atoms with Crippen LogP contribution in [0.5, 0.6) is 0 Å². The Balaban J connectivity index is 2.23. The Labute approximate surface area is 97.5 Å². The average Bonchev–Trinajstić information content (AvgIpc) is 3.08. The van der Waals surface area contributed by atoms with Crippen LogP contribution in [0.25, 0.3) is 0 Å². The van der Waals surface area contributed by atoms with Gasteiger partial charge in [0.05, 0.1) is 11.3 Å². The minimum Gasteiger partial charge on any atom is -0.478 e. The molecule has 1 unspecified atom stereocenters. The van der Waals surface area contributed by atoms with Crippen LogP contribution in [0.15, 0.2) is 12.1 Å². The van der Waals surface area contributed by atoms with Gasteiger partial charge in [-0.3, -0.25) is 0 Å². The van der Waals surface area contributed by atoms with E-state index in [1.807, 2.05) is 6.92 Å². The predicted molar refractivity (Wildman–Crippen MR) is 59.1 cm³/mol. The first-order valence-corrected chi connectivity index (χ1v) is 5.48. The van der Waals surface area contributed by atoms with Crippen LogP contribution >= 0.6 is 0 Å². The molecular formula is C12H13F2NO2. The number of benzene rings is 1. The zero-order valence-corrected chi connectivity index (χ0v) is 9.34. The van der Waals surface area contributed by atoms with Gasteiger partial charge in [0.2, 0.25) is 0 Å². The topological polar surface area (TPSA) is 49.3 Å². The smallest absolute Gasteiger partial charge is 0.338 e. The number of rotatable bonds is 4. The summed E-state index contributed by atoms with van der Waals surface area (Å²) >= 11 is 0. The summed E-state index contributed by atoms with van der Waals surface area (Å²) in [5.74, 6) is -3.41. The summed E-state index contributed by atoms with van der Waals surface area (Å²) in [4.78, 5) is 10.6. The van der Waals surface area contributed by atoms with Crippen LogP contribution in [0.4, 0.5) is 14.5 Å². The van der Waals surface area contributed by atoms with Crippen molar-refractivity contribution in [2.75, 3.05) is 5.32 Å². The molecule has 1 aromatic rings. The maximum absolute atomic E-state index is 13.6. The van der Waals surface area contributed by atoms with Gasteiger partial charge in [0.25, 0.3) is 0 Å². The Morgan fingerprint density at radius 2 is 2.06 bits per heavy atom. The van der Waals surface area contributed by atoms with Gasteiger partial charge < -0.3 is 10.4 Å². The quantitative estimate of drug-likeness (QED) is 0.852. The molecule has 5 heteroatoms. The van der Waals surface area contributed by atoms with Crippen LogP contribution in [-0.4, -0.2) is 17.1 Å². The van der Waals surface area contributed by atoms with Crippen molar-refractivity contribution in [2.45, 2.75) is 25.8 Å². The summed E-state index contributed by atoms with van der Waals surface area (Å²) in [6.07, 6.45) is 2.18. The minimum absolute atomic E-state index is 0.0203. The van der Waals surface area contributed by atoms with Crippen molar-refractivity contribution in [1.29, 1.82) is 0 Å². The van der Waals surface area contributed by atoms with Crippen molar-refractivity contribution < 1.29 is 18.7 Å². The van der Waals surface area contributed by atoms with E-state index in [9.17, 15) is 13.6 Å². The maximum atomic E-state index is 13.6. The maximum Gasteiger partial charge on any atom is 0.338 e. The SMILES string of the molecule is CC(Nc1ccc(C(=O)O)c(F)c1F)C1CC1. The second kappa shape index (κ2) is 4.31. The Hall–Kier alpha value is -1.65. The Kier molecular flexibility index (Phi) is 3.00. The Morgan fingerprint density at radius 1 is 1.41 bits per heavy atom. The molecule has 0 amide bonds. The van der Waals surface area contributed by atoms with Crippen LogP contribution in [0.2, 0.25) is 0 Å². The predicted octanol–water partition coefficient (Wildman–Crippen LogP) is 2.87. The molecule has 0 heterocycles. The van der Waals surface area contributed by atoms with Crippen LogP contribution in [0.3, 0.4) is 0 Å². The van der Waals surface area contributed by atoms with E-state index >= 15 is 0 Å². The van der Waals surface area contributed by atoms with Crippen molar-refractivity contribution in [3.63, 3.8) is 0 Å². The molecule has 2 rings (SSSR count). The van der Waals surface area contributed by atoms with Crippen molar-refractivity contribution >= 4 is 11.7 Å². The third-order valence-corrected chi connectivity index (χ3v) is 3.03. The van der Waals surface area contributed by atoms with E-state index in [0.717, 1.165) is 18.9 Å². The third kappa shape index (κ3) is 2.38. The van der Waals surface area contributed by atoms with Gasteiger partial charge in [-0.2, -0.15) is 0 Å². The first kappa shape index (κ1) is 11.8. The molecule has 0 saturated heterocycles. The normalized spacial score (nSPS) is 16.6. The molecule has 1 atom stereocenters. The van der Waals surface area contributed by atoms with E-state index in [-0.39, 0.29) is 11.7 Å². The van der Waals surface area contributed by atoms with E-state index in [4.69, 9.17) is 5.11 Å². The number of hydrogen-bond donors (Lipinski definition) is 2. The molecule has 0 radical (unpaired) electrons. The second-order valence-electron chi connectivity index (χ2n) is 4.36. The fourth-order valence-corrected chi connectivity index (χ4v) is 1.79. The highest BCUT2D eigenvalue weighted by atomic mass is 19.2. The number of halogens is 2. The van der Waals surface area contributed by atoms with E-state index < -0.39 is 23.2 Å².